The number of nitrogens with one attached hydrogen (secondary N) is 1. The van der Waals surface area contributed by atoms with Crippen molar-refractivity contribution in [1.29, 1.82) is 0 Å². The van der Waals surface area contributed by atoms with Crippen LogP contribution in [0.1, 0.15) is 25.8 Å². The van der Waals surface area contributed by atoms with Gasteiger partial charge in [0.05, 0.1) is 21.7 Å². The summed E-state index contributed by atoms with van der Waals surface area (Å²) >= 11 is 18.6. The fourth-order valence-electron chi connectivity index (χ4n) is 5.04. The Morgan fingerprint density at radius 3 is 2.43 bits per heavy atom. The average molecular weight is 536 g/mol. The Morgan fingerprint density at radius 1 is 1.03 bits per heavy atom. The van der Waals surface area contributed by atoms with Crippen LogP contribution < -0.4 is 10.2 Å². The third-order valence-corrected chi connectivity index (χ3v) is 8.10. The van der Waals surface area contributed by atoms with E-state index in [1.165, 1.54) is 0 Å². The summed E-state index contributed by atoms with van der Waals surface area (Å²) in [5.74, 6) is -0.0630. The van der Waals surface area contributed by atoms with Crippen LogP contribution in [0.3, 0.4) is 0 Å². The SMILES string of the molecule is CCN1C(c2ccc(Cl)cc2)=CC(C(=O)NCCCN2CCN(c3cccc(Cl)c3Cl)CC2)C1C. The predicted octanol–water partition coefficient (Wildman–Crippen LogP) is 5.66. The van der Waals surface area contributed by atoms with E-state index >= 15 is 0 Å². The summed E-state index contributed by atoms with van der Waals surface area (Å²) in [6, 6.07) is 13.7. The highest BCUT2D eigenvalue weighted by Crippen LogP contribution is 2.34. The normalized spacial score (nSPS) is 20.8. The maximum absolute atomic E-state index is 13.0. The van der Waals surface area contributed by atoms with Crippen LogP contribution in [-0.4, -0.2) is 67.6 Å². The molecule has 188 valence electrons. The van der Waals surface area contributed by atoms with Crippen LogP contribution in [0, 0.1) is 5.92 Å². The first-order valence-corrected chi connectivity index (χ1v) is 13.5. The Morgan fingerprint density at radius 2 is 1.74 bits per heavy atom. The number of hydrogen-bond acceptors (Lipinski definition) is 4. The van der Waals surface area contributed by atoms with Gasteiger partial charge in [-0.1, -0.05) is 53.0 Å². The van der Waals surface area contributed by atoms with E-state index in [0.717, 1.165) is 62.6 Å². The number of anilines is 1. The number of hydrogen-bond donors (Lipinski definition) is 1. The van der Waals surface area contributed by atoms with E-state index < -0.39 is 0 Å². The minimum Gasteiger partial charge on any atom is -0.368 e. The molecule has 8 heteroatoms. The minimum absolute atomic E-state index is 0.0975. The molecule has 2 aromatic rings. The van der Waals surface area contributed by atoms with Crippen molar-refractivity contribution in [3.05, 3.63) is 69.2 Å². The monoisotopic (exact) mass is 534 g/mol. The van der Waals surface area contributed by atoms with Gasteiger partial charge >= 0.3 is 0 Å². The number of nitrogens with zero attached hydrogens (tertiary/aromatic N) is 3. The van der Waals surface area contributed by atoms with Gasteiger partial charge in [-0.05, 0) is 62.7 Å². The third-order valence-electron chi connectivity index (χ3n) is 7.04. The van der Waals surface area contributed by atoms with E-state index in [1.54, 1.807) is 0 Å². The second-order valence-electron chi connectivity index (χ2n) is 9.16. The highest BCUT2D eigenvalue weighted by molar-refractivity contribution is 6.43. The Hall–Kier alpha value is -1.92. The van der Waals surface area contributed by atoms with E-state index in [2.05, 4.69) is 39.9 Å². The number of amides is 1. The minimum atomic E-state index is -0.161. The van der Waals surface area contributed by atoms with E-state index in [0.29, 0.717) is 21.6 Å². The maximum atomic E-state index is 13.0. The number of carbonyl (C=O) groups excluding carboxylic acids is 1. The standard InChI is InChI=1S/C27H33Cl3N4O/c1-3-34-19(2)22(18-25(34)20-8-10-21(28)11-9-20)27(35)31-12-5-13-32-14-16-33(17-15-32)24-7-4-6-23(29)26(24)30/h4,6-11,18-19,22H,3,5,12-17H2,1-2H3,(H,31,35). The van der Waals surface area contributed by atoms with Gasteiger partial charge in [0.2, 0.25) is 5.91 Å². The van der Waals surface area contributed by atoms with Crippen LogP contribution in [0.2, 0.25) is 15.1 Å². The second-order valence-corrected chi connectivity index (χ2v) is 10.4. The molecule has 2 atom stereocenters. The van der Waals surface area contributed by atoms with Crippen LogP contribution in [0.25, 0.3) is 5.70 Å². The molecule has 1 N–H and O–H groups in total. The number of carbonyl (C=O) groups is 1. The van der Waals surface area contributed by atoms with Gasteiger partial charge in [-0.15, -0.1) is 0 Å². The number of benzene rings is 2. The summed E-state index contributed by atoms with van der Waals surface area (Å²) in [4.78, 5) is 20.0. The first kappa shape index (κ1) is 26.2. The van der Waals surface area contributed by atoms with Gasteiger partial charge < -0.3 is 15.1 Å². The molecule has 1 saturated heterocycles. The smallest absolute Gasteiger partial charge is 0.229 e. The molecule has 2 unspecified atom stereocenters. The summed E-state index contributed by atoms with van der Waals surface area (Å²) < 4.78 is 0. The summed E-state index contributed by atoms with van der Waals surface area (Å²) in [6.07, 6.45) is 3.03. The Balaban J connectivity index is 1.24. The zero-order valence-corrected chi connectivity index (χ0v) is 22.6. The highest BCUT2D eigenvalue weighted by atomic mass is 35.5. The molecular weight excluding hydrogens is 503 g/mol. The highest BCUT2D eigenvalue weighted by Gasteiger charge is 2.35. The average Bonchev–Trinajstić information content (AvgIpc) is 3.20. The molecule has 2 aromatic carbocycles. The molecule has 1 fully saturated rings. The molecular formula is C27H33Cl3N4O. The molecule has 2 heterocycles. The van der Waals surface area contributed by atoms with Crippen molar-refractivity contribution in [2.75, 3.05) is 50.7 Å². The molecule has 5 nitrogen and oxygen atoms in total. The summed E-state index contributed by atoms with van der Waals surface area (Å²) in [6.45, 7) is 10.5. The molecule has 2 aliphatic heterocycles. The number of piperazine rings is 1. The molecule has 2 aliphatic rings. The molecule has 0 radical (unpaired) electrons. The van der Waals surface area contributed by atoms with Gasteiger partial charge in [0.25, 0.3) is 0 Å². The number of halogens is 3. The van der Waals surface area contributed by atoms with Crippen molar-refractivity contribution in [3.8, 4) is 0 Å². The Labute approximate surface area is 223 Å². The van der Waals surface area contributed by atoms with Crippen LogP contribution in [0.5, 0.6) is 0 Å². The van der Waals surface area contributed by atoms with Crippen LogP contribution in [0.15, 0.2) is 48.5 Å². The van der Waals surface area contributed by atoms with Gasteiger partial charge in [-0.25, -0.2) is 0 Å². The second kappa shape index (κ2) is 11.9. The molecule has 0 bridgehead atoms. The van der Waals surface area contributed by atoms with Crippen molar-refractivity contribution in [2.24, 2.45) is 5.92 Å². The lowest BCUT2D eigenvalue weighted by molar-refractivity contribution is -0.124. The molecule has 0 aromatic heterocycles. The van der Waals surface area contributed by atoms with E-state index in [9.17, 15) is 4.79 Å². The molecule has 35 heavy (non-hydrogen) atoms. The Bertz CT molecular complexity index is 1050. The van der Waals surface area contributed by atoms with Crippen LogP contribution >= 0.6 is 34.8 Å². The van der Waals surface area contributed by atoms with E-state index in [4.69, 9.17) is 34.8 Å². The van der Waals surface area contributed by atoms with Gasteiger partial charge in [0, 0.05) is 56.0 Å². The lowest BCUT2D eigenvalue weighted by Crippen LogP contribution is -2.47. The molecule has 0 saturated carbocycles. The van der Waals surface area contributed by atoms with Crippen molar-refractivity contribution in [2.45, 2.75) is 26.3 Å². The fourth-order valence-corrected chi connectivity index (χ4v) is 5.58. The quantitative estimate of drug-likeness (QED) is 0.443. The maximum Gasteiger partial charge on any atom is 0.229 e. The molecule has 0 aliphatic carbocycles. The summed E-state index contributed by atoms with van der Waals surface area (Å²) in [5, 5.41) is 5.10. The molecule has 1 amide bonds. The first-order chi connectivity index (χ1) is 16.9. The Kier molecular flexibility index (Phi) is 8.87. The van der Waals surface area contributed by atoms with Gasteiger partial charge in [0.15, 0.2) is 0 Å². The zero-order valence-electron chi connectivity index (χ0n) is 20.3. The van der Waals surface area contributed by atoms with E-state index in [1.807, 2.05) is 42.5 Å². The van der Waals surface area contributed by atoms with E-state index in [-0.39, 0.29) is 17.9 Å². The lowest BCUT2D eigenvalue weighted by Gasteiger charge is -2.36. The molecule has 4 rings (SSSR count). The third kappa shape index (κ3) is 6.08. The van der Waals surface area contributed by atoms with Gasteiger partial charge in [-0.2, -0.15) is 0 Å². The van der Waals surface area contributed by atoms with Crippen molar-refractivity contribution < 1.29 is 4.79 Å². The fraction of sp³-hybridized carbons (Fsp3) is 0.444. The van der Waals surface area contributed by atoms with Crippen molar-refractivity contribution >= 4 is 52.1 Å². The predicted molar refractivity (Wildman–Crippen MR) is 148 cm³/mol. The largest absolute Gasteiger partial charge is 0.368 e. The van der Waals surface area contributed by atoms with Gasteiger partial charge in [-0.3, -0.25) is 9.69 Å². The topological polar surface area (TPSA) is 38.8 Å². The van der Waals surface area contributed by atoms with Crippen molar-refractivity contribution in [1.82, 2.24) is 15.1 Å². The zero-order chi connectivity index (χ0) is 24.9. The van der Waals surface area contributed by atoms with Crippen molar-refractivity contribution in [3.63, 3.8) is 0 Å². The summed E-state index contributed by atoms with van der Waals surface area (Å²) in [5.41, 5.74) is 3.20. The first-order valence-electron chi connectivity index (χ1n) is 12.3. The number of rotatable bonds is 8. The summed E-state index contributed by atoms with van der Waals surface area (Å²) in [7, 11) is 0. The van der Waals surface area contributed by atoms with Crippen LogP contribution in [-0.2, 0) is 4.79 Å². The van der Waals surface area contributed by atoms with Crippen LogP contribution in [0.4, 0.5) is 5.69 Å². The van der Waals surface area contributed by atoms with Gasteiger partial charge in [0.1, 0.15) is 0 Å². The lowest BCUT2D eigenvalue weighted by atomic mass is 10.0. The molecule has 0 spiro atoms.